The highest BCUT2D eigenvalue weighted by atomic mass is 19.1. The highest BCUT2D eigenvalue weighted by molar-refractivity contribution is 5.49. The van der Waals surface area contributed by atoms with Gasteiger partial charge in [-0.05, 0) is 42.3 Å². The number of halogens is 3. The maximum absolute atomic E-state index is 13.8. The minimum absolute atomic E-state index is 0.0176. The van der Waals surface area contributed by atoms with Crippen LogP contribution >= 0.6 is 0 Å². The first-order valence-electron chi connectivity index (χ1n) is 5.89. The van der Waals surface area contributed by atoms with Gasteiger partial charge in [-0.15, -0.1) is 0 Å². The van der Waals surface area contributed by atoms with E-state index in [0.717, 1.165) is 12.1 Å². The molecule has 0 aliphatic heterocycles. The van der Waals surface area contributed by atoms with Crippen molar-refractivity contribution in [3.8, 4) is 6.07 Å². The van der Waals surface area contributed by atoms with Crippen LogP contribution in [0.4, 0.5) is 18.9 Å². The smallest absolute Gasteiger partial charge is 0.152 e. The van der Waals surface area contributed by atoms with Crippen LogP contribution in [0.25, 0.3) is 0 Å². The van der Waals surface area contributed by atoms with Crippen molar-refractivity contribution in [3.05, 3.63) is 64.5 Å². The molecule has 0 heterocycles. The fraction of sp³-hybridized carbons (Fsp3) is 0.133. The Kier molecular flexibility index (Phi) is 3.94. The number of nitrogens with one attached hydrogen (secondary N) is 1. The van der Waals surface area contributed by atoms with E-state index in [1.54, 1.807) is 0 Å². The Bertz CT molecular complexity index is 690. The Morgan fingerprint density at radius 1 is 1.15 bits per heavy atom. The average molecular weight is 276 g/mol. The molecule has 0 saturated carbocycles. The molecule has 0 amide bonds. The number of anilines is 1. The quantitative estimate of drug-likeness (QED) is 0.923. The fourth-order valence-electron chi connectivity index (χ4n) is 1.83. The van der Waals surface area contributed by atoms with E-state index in [-0.39, 0.29) is 17.8 Å². The first-order valence-corrected chi connectivity index (χ1v) is 5.89. The van der Waals surface area contributed by atoms with Crippen molar-refractivity contribution >= 4 is 5.69 Å². The Morgan fingerprint density at radius 2 is 1.90 bits per heavy atom. The minimum atomic E-state index is -0.718. The highest BCUT2D eigenvalue weighted by Gasteiger charge is 2.11. The van der Waals surface area contributed by atoms with E-state index in [4.69, 9.17) is 5.26 Å². The van der Waals surface area contributed by atoms with Crippen molar-refractivity contribution in [3.63, 3.8) is 0 Å². The first kappa shape index (κ1) is 13.9. The van der Waals surface area contributed by atoms with E-state index in [1.807, 2.05) is 6.07 Å². The van der Waals surface area contributed by atoms with Crippen LogP contribution in [-0.4, -0.2) is 0 Å². The van der Waals surface area contributed by atoms with Gasteiger partial charge in [0.05, 0.1) is 11.6 Å². The van der Waals surface area contributed by atoms with Crippen LogP contribution in [0.1, 0.15) is 16.7 Å². The normalized spacial score (nSPS) is 10.2. The lowest BCUT2D eigenvalue weighted by atomic mass is 10.1. The van der Waals surface area contributed by atoms with Crippen LogP contribution in [0.15, 0.2) is 30.3 Å². The number of rotatable bonds is 3. The molecule has 5 heteroatoms. The summed E-state index contributed by atoms with van der Waals surface area (Å²) in [5.41, 5.74) is 0.646. The van der Waals surface area contributed by atoms with E-state index < -0.39 is 17.5 Å². The molecule has 0 fully saturated rings. The summed E-state index contributed by atoms with van der Waals surface area (Å²) in [5.74, 6) is -1.96. The summed E-state index contributed by atoms with van der Waals surface area (Å²) in [5, 5.41) is 11.3. The molecule has 2 nitrogen and oxygen atoms in total. The molecule has 2 rings (SSSR count). The van der Waals surface area contributed by atoms with Crippen LogP contribution in [0.2, 0.25) is 0 Å². The van der Waals surface area contributed by atoms with Gasteiger partial charge in [-0.2, -0.15) is 5.26 Å². The van der Waals surface area contributed by atoms with E-state index in [1.165, 1.54) is 25.1 Å². The van der Waals surface area contributed by atoms with Crippen LogP contribution in [-0.2, 0) is 6.54 Å². The van der Waals surface area contributed by atoms with E-state index in [0.29, 0.717) is 11.1 Å². The second-order valence-corrected chi connectivity index (χ2v) is 4.37. The van der Waals surface area contributed by atoms with Crippen molar-refractivity contribution in [2.75, 3.05) is 5.32 Å². The van der Waals surface area contributed by atoms with Crippen LogP contribution < -0.4 is 5.32 Å². The predicted octanol–water partition coefficient (Wildman–Crippen LogP) is 3.90. The van der Waals surface area contributed by atoms with E-state index in [9.17, 15) is 13.2 Å². The molecule has 0 spiro atoms. The van der Waals surface area contributed by atoms with Crippen molar-refractivity contribution in [1.29, 1.82) is 5.26 Å². The second-order valence-electron chi connectivity index (χ2n) is 4.37. The summed E-state index contributed by atoms with van der Waals surface area (Å²) in [6.45, 7) is 1.54. The first-order chi connectivity index (χ1) is 9.51. The van der Waals surface area contributed by atoms with Crippen molar-refractivity contribution in [2.45, 2.75) is 13.5 Å². The zero-order valence-corrected chi connectivity index (χ0v) is 10.7. The summed E-state index contributed by atoms with van der Waals surface area (Å²) in [7, 11) is 0. The largest absolute Gasteiger partial charge is 0.376 e. The van der Waals surface area contributed by atoms with Gasteiger partial charge in [0.15, 0.2) is 5.82 Å². The Labute approximate surface area is 114 Å². The van der Waals surface area contributed by atoms with Gasteiger partial charge >= 0.3 is 0 Å². The number of nitrogens with zero attached hydrogens (tertiary/aromatic N) is 1. The van der Waals surface area contributed by atoms with Crippen LogP contribution in [0.5, 0.6) is 0 Å². The van der Waals surface area contributed by atoms with Crippen molar-refractivity contribution < 1.29 is 13.2 Å². The fourth-order valence-corrected chi connectivity index (χ4v) is 1.83. The molecular weight excluding hydrogens is 265 g/mol. The Balaban J connectivity index is 2.24. The molecule has 102 valence electrons. The average Bonchev–Trinajstić information content (AvgIpc) is 2.42. The number of hydrogen-bond acceptors (Lipinski definition) is 2. The van der Waals surface area contributed by atoms with Gasteiger partial charge in [0.1, 0.15) is 17.3 Å². The van der Waals surface area contributed by atoms with E-state index in [2.05, 4.69) is 5.32 Å². The van der Waals surface area contributed by atoms with Gasteiger partial charge in [0, 0.05) is 6.54 Å². The predicted molar refractivity (Wildman–Crippen MR) is 69.5 cm³/mol. The third-order valence-corrected chi connectivity index (χ3v) is 2.84. The van der Waals surface area contributed by atoms with E-state index >= 15 is 0 Å². The molecule has 0 aliphatic rings. The molecule has 0 aromatic heterocycles. The van der Waals surface area contributed by atoms with Gasteiger partial charge in [-0.25, -0.2) is 13.2 Å². The minimum Gasteiger partial charge on any atom is -0.376 e. The molecule has 2 aromatic rings. The zero-order chi connectivity index (χ0) is 14.7. The lowest BCUT2D eigenvalue weighted by molar-refractivity contribution is 0.582. The van der Waals surface area contributed by atoms with Crippen LogP contribution in [0.3, 0.4) is 0 Å². The summed E-state index contributed by atoms with van der Waals surface area (Å²) in [4.78, 5) is 0. The summed E-state index contributed by atoms with van der Waals surface area (Å²) < 4.78 is 40.5. The standard InChI is InChI=1S/C15H11F3N2/c1-9-2-3-13(17)15(14(9)18)20-8-11-4-10(7-19)5-12(16)6-11/h2-6,20H,8H2,1H3. The Hall–Kier alpha value is -2.48. The molecule has 0 radical (unpaired) electrons. The molecular formula is C15H11F3N2. The topological polar surface area (TPSA) is 35.8 Å². The molecule has 0 atom stereocenters. The number of hydrogen-bond donors (Lipinski definition) is 1. The van der Waals surface area contributed by atoms with Gasteiger partial charge in [-0.3, -0.25) is 0 Å². The van der Waals surface area contributed by atoms with Gasteiger partial charge in [0.25, 0.3) is 0 Å². The summed E-state index contributed by atoms with van der Waals surface area (Å²) in [6.07, 6.45) is 0. The molecule has 2 aromatic carbocycles. The lowest BCUT2D eigenvalue weighted by Crippen LogP contribution is -2.05. The van der Waals surface area contributed by atoms with Gasteiger partial charge < -0.3 is 5.32 Å². The summed E-state index contributed by atoms with van der Waals surface area (Å²) >= 11 is 0. The number of nitriles is 1. The Morgan fingerprint density at radius 3 is 2.60 bits per heavy atom. The van der Waals surface area contributed by atoms with Crippen molar-refractivity contribution in [1.82, 2.24) is 0 Å². The third-order valence-electron chi connectivity index (χ3n) is 2.84. The number of aryl methyl sites for hydroxylation is 1. The zero-order valence-electron chi connectivity index (χ0n) is 10.7. The molecule has 1 N–H and O–H groups in total. The summed E-state index contributed by atoms with van der Waals surface area (Å²) in [6, 6.07) is 8.08. The molecule has 0 bridgehead atoms. The molecule has 0 aliphatic carbocycles. The number of benzene rings is 2. The highest BCUT2D eigenvalue weighted by Crippen LogP contribution is 2.22. The van der Waals surface area contributed by atoms with Gasteiger partial charge in [-0.1, -0.05) is 6.07 Å². The van der Waals surface area contributed by atoms with Crippen molar-refractivity contribution in [2.24, 2.45) is 0 Å². The lowest BCUT2D eigenvalue weighted by Gasteiger charge is -2.10. The maximum atomic E-state index is 13.8. The van der Waals surface area contributed by atoms with Crippen LogP contribution in [0, 0.1) is 35.7 Å². The molecule has 0 unspecified atom stereocenters. The SMILES string of the molecule is Cc1ccc(F)c(NCc2cc(F)cc(C#N)c2)c1F. The third kappa shape index (κ3) is 2.91. The second kappa shape index (κ2) is 5.66. The van der Waals surface area contributed by atoms with Gasteiger partial charge in [0.2, 0.25) is 0 Å². The monoisotopic (exact) mass is 276 g/mol. The molecule has 0 saturated heterocycles. The maximum Gasteiger partial charge on any atom is 0.152 e. The molecule has 20 heavy (non-hydrogen) atoms.